The molecule has 1 fully saturated rings. The Hall–Kier alpha value is -2.37. The van der Waals surface area contributed by atoms with Crippen LogP contribution in [0, 0.1) is 0 Å². The van der Waals surface area contributed by atoms with Gasteiger partial charge < -0.3 is 15.5 Å². The normalized spacial score (nSPS) is 18.3. The van der Waals surface area contributed by atoms with Crippen molar-refractivity contribution in [3.05, 3.63) is 59.7 Å². The number of carbonyl (C=O) groups excluding carboxylic acids is 2. The fourth-order valence-electron chi connectivity index (χ4n) is 4.07. The molecule has 2 amide bonds. The number of benzene rings is 2. The Kier molecular flexibility index (Phi) is 7.29. The summed E-state index contributed by atoms with van der Waals surface area (Å²) in [6.45, 7) is 1.68. The molecule has 29 heavy (non-hydrogen) atoms. The molecule has 2 N–H and O–H groups in total. The highest BCUT2D eigenvalue weighted by atomic mass is 35.5. The summed E-state index contributed by atoms with van der Waals surface area (Å²) < 4.78 is 0. The lowest BCUT2D eigenvalue weighted by Crippen LogP contribution is -2.43. The first-order valence-corrected chi connectivity index (χ1v) is 10.2. The van der Waals surface area contributed by atoms with Crippen LogP contribution in [0.2, 0.25) is 0 Å². The minimum atomic E-state index is -0.103. The quantitative estimate of drug-likeness (QED) is 0.803. The van der Waals surface area contributed by atoms with E-state index in [1.54, 1.807) is 0 Å². The van der Waals surface area contributed by atoms with Crippen LogP contribution in [0.15, 0.2) is 48.5 Å². The van der Waals surface area contributed by atoms with Gasteiger partial charge in [-0.3, -0.25) is 9.59 Å². The zero-order valence-electron chi connectivity index (χ0n) is 16.5. The van der Waals surface area contributed by atoms with E-state index in [0.717, 1.165) is 62.1 Å². The number of halogens is 1. The summed E-state index contributed by atoms with van der Waals surface area (Å²) in [5, 5.41) is 6.23. The van der Waals surface area contributed by atoms with E-state index < -0.39 is 0 Å². The standard InChI is InChI=1S/C23H27N3O2.ClH/c27-22(26-15-5-7-18-6-1-2-9-21(18)26)16-17-10-12-19(13-11-17)25-23(28)20-8-3-4-14-24-20;/h1-2,6,9-13,20,24H,3-5,7-8,14-16H2,(H,25,28);1H. The molecule has 2 aromatic rings. The van der Waals surface area contributed by atoms with Crippen LogP contribution in [0.1, 0.15) is 36.8 Å². The third-order valence-electron chi connectivity index (χ3n) is 5.61. The van der Waals surface area contributed by atoms with Gasteiger partial charge in [0.15, 0.2) is 0 Å². The van der Waals surface area contributed by atoms with E-state index in [2.05, 4.69) is 16.7 Å². The predicted molar refractivity (Wildman–Crippen MR) is 119 cm³/mol. The molecule has 1 atom stereocenters. The van der Waals surface area contributed by atoms with Gasteiger partial charge in [0.1, 0.15) is 0 Å². The first kappa shape index (κ1) is 21.3. The van der Waals surface area contributed by atoms with E-state index >= 15 is 0 Å². The molecule has 6 heteroatoms. The fraction of sp³-hybridized carbons (Fsp3) is 0.391. The van der Waals surface area contributed by atoms with Gasteiger partial charge in [0.05, 0.1) is 12.5 Å². The van der Waals surface area contributed by atoms with Gasteiger partial charge in [0, 0.05) is 17.9 Å². The molecule has 5 nitrogen and oxygen atoms in total. The van der Waals surface area contributed by atoms with E-state index in [0.29, 0.717) is 6.42 Å². The van der Waals surface area contributed by atoms with Crippen LogP contribution in [0.5, 0.6) is 0 Å². The summed E-state index contributed by atoms with van der Waals surface area (Å²) in [4.78, 5) is 27.1. The lowest BCUT2D eigenvalue weighted by molar-refractivity contribution is -0.119. The third kappa shape index (κ3) is 5.17. The molecule has 0 spiro atoms. The molecule has 2 aromatic carbocycles. The monoisotopic (exact) mass is 413 g/mol. The van der Waals surface area contributed by atoms with Gasteiger partial charge in [-0.25, -0.2) is 0 Å². The summed E-state index contributed by atoms with van der Waals surface area (Å²) in [7, 11) is 0. The van der Waals surface area contributed by atoms with Crippen molar-refractivity contribution in [2.45, 2.75) is 44.6 Å². The van der Waals surface area contributed by atoms with Crippen LogP contribution in [0.25, 0.3) is 0 Å². The molecule has 1 unspecified atom stereocenters. The lowest BCUT2D eigenvalue weighted by atomic mass is 10.0. The van der Waals surface area contributed by atoms with Crippen LogP contribution in [-0.4, -0.2) is 30.9 Å². The molecule has 1 saturated heterocycles. The number of carbonyl (C=O) groups is 2. The molecule has 0 saturated carbocycles. The average molecular weight is 414 g/mol. The maximum absolute atomic E-state index is 12.8. The predicted octanol–water partition coefficient (Wildman–Crippen LogP) is 3.71. The van der Waals surface area contributed by atoms with Gasteiger partial charge in [-0.2, -0.15) is 0 Å². The van der Waals surface area contributed by atoms with Gasteiger partial charge in [-0.1, -0.05) is 36.8 Å². The second kappa shape index (κ2) is 9.90. The Balaban J connectivity index is 0.00000240. The Morgan fingerprint density at radius 1 is 1.03 bits per heavy atom. The van der Waals surface area contributed by atoms with Crippen LogP contribution in [0.4, 0.5) is 11.4 Å². The number of rotatable bonds is 4. The highest BCUT2D eigenvalue weighted by Crippen LogP contribution is 2.27. The largest absolute Gasteiger partial charge is 0.325 e. The Labute approximate surface area is 178 Å². The second-order valence-corrected chi connectivity index (χ2v) is 7.64. The van der Waals surface area contributed by atoms with Crippen molar-refractivity contribution < 1.29 is 9.59 Å². The topological polar surface area (TPSA) is 61.4 Å². The minimum absolute atomic E-state index is 0. The number of hydrogen-bond acceptors (Lipinski definition) is 3. The van der Waals surface area contributed by atoms with Gasteiger partial charge in [-0.05, 0) is 61.6 Å². The van der Waals surface area contributed by atoms with E-state index in [9.17, 15) is 9.59 Å². The Morgan fingerprint density at radius 3 is 2.59 bits per heavy atom. The van der Waals surface area contributed by atoms with Crippen LogP contribution in [0.3, 0.4) is 0 Å². The zero-order chi connectivity index (χ0) is 19.3. The van der Waals surface area contributed by atoms with Gasteiger partial charge in [0.25, 0.3) is 0 Å². The van der Waals surface area contributed by atoms with Crippen LogP contribution >= 0.6 is 12.4 Å². The molecule has 154 valence electrons. The first-order chi connectivity index (χ1) is 13.7. The van der Waals surface area contributed by atoms with Crippen molar-refractivity contribution in [1.82, 2.24) is 5.32 Å². The number of para-hydroxylation sites is 1. The number of fused-ring (bicyclic) bond motifs is 1. The highest BCUT2D eigenvalue weighted by Gasteiger charge is 2.22. The van der Waals surface area contributed by atoms with Crippen molar-refractivity contribution >= 4 is 35.6 Å². The molecule has 2 aliphatic rings. The maximum atomic E-state index is 12.8. The SMILES string of the molecule is Cl.O=C(Nc1ccc(CC(=O)N2CCCc3ccccc32)cc1)C1CCCCN1. The molecule has 0 aromatic heterocycles. The number of piperidine rings is 1. The van der Waals surface area contributed by atoms with Crippen molar-refractivity contribution in [1.29, 1.82) is 0 Å². The summed E-state index contributed by atoms with van der Waals surface area (Å²) in [5.41, 5.74) is 4.03. The van der Waals surface area contributed by atoms with E-state index in [1.165, 1.54) is 5.56 Å². The third-order valence-corrected chi connectivity index (χ3v) is 5.61. The molecule has 0 aliphatic carbocycles. The van der Waals surface area contributed by atoms with Gasteiger partial charge in [-0.15, -0.1) is 12.4 Å². The average Bonchev–Trinajstić information content (AvgIpc) is 2.75. The van der Waals surface area contributed by atoms with Crippen molar-refractivity contribution in [3.8, 4) is 0 Å². The summed E-state index contributed by atoms with van der Waals surface area (Å²) in [5.74, 6) is 0.142. The molecular formula is C23H28ClN3O2. The highest BCUT2D eigenvalue weighted by molar-refractivity contribution is 5.96. The van der Waals surface area contributed by atoms with E-state index in [-0.39, 0.29) is 30.3 Å². The number of anilines is 2. The molecule has 0 bridgehead atoms. The minimum Gasteiger partial charge on any atom is -0.325 e. The molecule has 0 radical (unpaired) electrons. The van der Waals surface area contributed by atoms with Gasteiger partial charge >= 0.3 is 0 Å². The first-order valence-electron chi connectivity index (χ1n) is 10.2. The smallest absolute Gasteiger partial charge is 0.241 e. The molecule has 2 aliphatic heterocycles. The zero-order valence-corrected chi connectivity index (χ0v) is 17.3. The van der Waals surface area contributed by atoms with Gasteiger partial charge in [0.2, 0.25) is 11.8 Å². The number of nitrogens with one attached hydrogen (secondary N) is 2. The number of nitrogens with zero attached hydrogens (tertiary/aromatic N) is 1. The number of amides is 2. The second-order valence-electron chi connectivity index (χ2n) is 7.64. The lowest BCUT2D eigenvalue weighted by Gasteiger charge is -2.29. The van der Waals surface area contributed by atoms with Crippen molar-refractivity contribution in [2.24, 2.45) is 0 Å². The summed E-state index contributed by atoms with van der Waals surface area (Å²) in [6, 6.07) is 15.7. The van der Waals surface area contributed by atoms with Crippen LogP contribution < -0.4 is 15.5 Å². The molecule has 4 rings (SSSR count). The maximum Gasteiger partial charge on any atom is 0.241 e. The van der Waals surface area contributed by atoms with Crippen LogP contribution in [-0.2, 0) is 22.4 Å². The fourth-order valence-corrected chi connectivity index (χ4v) is 4.07. The Morgan fingerprint density at radius 2 is 1.83 bits per heavy atom. The van der Waals surface area contributed by atoms with E-state index in [4.69, 9.17) is 0 Å². The van der Waals surface area contributed by atoms with Crippen molar-refractivity contribution in [3.63, 3.8) is 0 Å². The molecular weight excluding hydrogens is 386 g/mol. The number of hydrogen-bond donors (Lipinski definition) is 2. The summed E-state index contributed by atoms with van der Waals surface area (Å²) >= 11 is 0. The van der Waals surface area contributed by atoms with E-state index in [1.807, 2.05) is 47.4 Å². The van der Waals surface area contributed by atoms with Crippen molar-refractivity contribution in [2.75, 3.05) is 23.3 Å². The summed E-state index contributed by atoms with van der Waals surface area (Å²) in [6.07, 6.45) is 5.51. The Bertz CT molecular complexity index is 847. The molecule has 2 heterocycles. The number of aryl methyl sites for hydroxylation is 1.